The van der Waals surface area contributed by atoms with Crippen LogP contribution in [0, 0.1) is 11.3 Å². The van der Waals surface area contributed by atoms with Crippen molar-refractivity contribution in [2.45, 2.75) is 19.1 Å². The summed E-state index contributed by atoms with van der Waals surface area (Å²) in [6.45, 7) is 3.36. The number of nitriles is 1. The number of rotatable bonds is 2. The third kappa shape index (κ3) is 2.57. The minimum absolute atomic E-state index is 0.0289. The van der Waals surface area contributed by atoms with Gasteiger partial charge in [0.1, 0.15) is 0 Å². The zero-order chi connectivity index (χ0) is 12.3. The summed E-state index contributed by atoms with van der Waals surface area (Å²) in [5.41, 5.74) is 1.67. The lowest BCUT2D eigenvalue weighted by Crippen LogP contribution is -2.49. The van der Waals surface area contributed by atoms with Crippen molar-refractivity contribution in [2.75, 3.05) is 24.7 Å². The lowest BCUT2D eigenvalue weighted by Gasteiger charge is -2.39. The number of aliphatic hydroxyl groups excluding tert-OH is 1. The Morgan fingerprint density at radius 3 is 3.12 bits per heavy atom. The Morgan fingerprint density at radius 2 is 2.41 bits per heavy atom. The molecule has 1 N–H and O–H groups in total. The van der Waals surface area contributed by atoms with E-state index in [-0.39, 0.29) is 18.8 Å². The second-order valence-corrected chi connectivity index (χ2v) is 4.30. The molecular weight excluding hydrogens is 216 g/mol. The van der Waals surface area contributed by atoms with Crippen molar-refractivity contribution in [3.63, 3.8) is 0 Å². The van der Waals surface area contributed by atoms with Crippen LogP contribution in [0.3, 0.4) is 0 Å². The van der Waals surface area contributed by atoms with Crippen LogP contribution in [0.25, 0.3) is 0 Å². The van der Waals surface area contributed by atoms with Crippen molar-refractivity contribution >= 4 is 5.69 Å². The van der Waals surface area contributed by atoms with E-state index in [0.717, 1.165) is 5.69 Å². The standard InChI is InChI=1S/C13H16N2O2/c1-10-9-17-13(8-16)7-15(10)12-4-2-3-11(5-12)6-14/h2-5,10,13,16H,7-9H2,1H3. The molecule has 0 amide bonds. The van der Waals surface area contributed by atoms with Gasteiger partial charge in [-0.1, -0.05) is 6.07 Å². The fraction of sp³-hybridized carbons (Fsp3) is 0.462. The highest BCUT2D eigenvalue weighted by atomic mass is 16.5. The second kappa shape index (κ2) is 5.17. The second-order valence-electron chi connectivity index (χ2n) is 4.30. The van der Waals surface area contributed by atoms with E-state index < -0.39 is 0 Å². The molecule has 4 heteroatoms. The number of hydrogen-bond acceptors (Lipinski definition) is 4. The van der Waals surface area contributed by atoms with Gasteiger partial charge in [0.25, 0.3) is 0 Å². The van der Waals surface area contributed by atoms with Gasteiger partial charge in [0.2, 0.25) is 0 Å². The topological polar surface area (TPSA) is 56.5 Å². The molecule has 0 bridgehead atoms. The minimum atomic E-state index is -0.142. The van der Waals surface area contributed by atoms with E-state index in [4.69, 9.17) is 15.1 Å². The highest BCUT2D eigenvalue weighted by Crippen LogP contribution is 2.22. The van der Waals surface area contributed by atoms with Gasteiger partial charge in [-0.2, -0.15) is 5.26 Å². The smallest absolute Gasteiger partial charge is 0.0992 e. The molecule has 2 atom stereocenters. The summed E-state index contributed by atoms with van der Waals surface area (Å²) in [7, 11) is 0. The van der Waals surface area contributed by atoms with Gasteiger partial charge in [-0.25, -0.2) is 0 Å². The molecule has 2 unspecified atom stereocenters. The fourth-order valence-corrected chi connectivity index (χ4v) is 2.04. The summed E-state index contributed by atoms with van der Waals surface area (Å²) in [6, 6.07) is 9.92. The molecule has 1 fully saturated rings. The summed E-state index contributed by atoms with van der Waals surface area (Å²) in [5, 5.41) is 18.0. The van der Waals surface area contributed by atoms with Crippen LogP contribution in [0.4, 0.5) is 5.69 Å². The summed E-state index contributed by atoms with van der Waals surface area (Å²) >= 11 is 0. The first-order valence-electron chi connectivity index (χ1n) is 5.74. The third-order valence-electron chi connectivity index (χ3n) is 3.02. The molecule has 1 aliphatic rings. The van der Waals surface area contributed by atoms with Crippen LogP contribution in [-0.2, 0) is 4.74 Å². The molecule has 4 nitrogen and oxygen atoms in total. The maximum Gasteiger partial charge on any atom is 0.0992 e. The Hall–Kier alpha value is -1.57. The number of anilines is 1. The van der Waals surface area contributed by atoms with Gasteiger partial charge in [-0.15, -0.1) is 0 Å². The van der Waals surface area contributed by atoms with Crippen molar-refractivity contribution in [2.24, 2.45) is 0 Å². The Labute approximate surface area is 101 Å². The predicted molar refractivity (Wildman–Crippen MR) is 64.8 cm³/mol. The molecule has 0 radical (unpaired) electrons. The summed E-state index contributed by atoms with van der Waals surface area (Å²) in [6.07, 6.45) is -0.142. The molecule has 1 saturated heterocycles. The average Bonchev–Trinajstić information content (AvgIpc) is 2.39. The molecule has 0 aliphatic carbocycles. The van der Waals surface area contributed by atoms with Gasteiger partial charge in [-0.3, -0.25) is 0 Å². The lowest BCUT2D eigenvalue weighted by atomic mass is 10.1. The van der Waals surface area contributed by atoms with Crippen molar-refractivity contribution in [3.8, 4) is 6.07 Å². The summed E-state index contributed by atoms with van der Waals surface area (Å²) in [4.78, 5) is 2.17. The Bertz CT molecular complexity index is 428. The highest BCUT2D eigenvalue weighted by Gasteiger charge is 2.25. The van der Waals surface area contributed by atoms with E-state index in [0.29, 0.717) is 18.7 Å². The first kappa shape index (κ1) is 11.9. The molecule has 2 rings (SSSR count). The zero-order valence-corrected chi connectivity index (χ0v) is 9.84. The SMILES string of the molecule is CC1COC(CO)CN1c1cccc(C#N)c1. The highest BCUT2D eigenvalue weighted by molar-refractivity contribution is 5.52. The number of nitrogens with zero attached hydrogens (tertiary/aromatic N) is 2. The molecule has 1 heterocycles. The van der Waals surface area contributed by atoms with Crippen LogP contribution in [0.2, 0.25) is 0 Å². The lowest BCUT2D eigenvalue weighted by molar-refractivity contribution is -0.0103. The molecule has 1 aromatic rings. The molecule has 17 heavy (non-hydrogen) atoms. The molecule has 0 spiro atoms. The third-order valence-corrected chi connectivity index (χ3v) is 3.02. The largest absolute Gasteiger partial charge is 0.394 e. The predicted octanol–water partition coefficient (Wildman–Crippen LogP) is 1.14. The van der Waals surface area contributed by atoms with Gasteiger partial charge in [-0.05, 0) is 25.1 Å². The molecule has 1 aromatic carbocycles. The molecule has 90 valence electrons. The first-order valence-corrected chi connectivity index (χ1v) is 5.74. The quantitative estimate of drug-likeness (QED) is 0.831. The molecule has 0 aromatic heterocycles. The number of benzene rings is 1. The van der Waals surface area contributed by atoms with E-state index in [9.17, 15) is 0 Å². The number of morpholine rings is 1. The summed E-state index contributed by atoms with van der Waals surface area (Å²) < 4.78 is 5.49. The van der Waals surface area contributed by atoms with E-state index in [2.05, 4.69) is 17.9 Å². The minimum Gasteiger partial charge on any atom is -0.394 e. The van der Waals surface area contributed by atoms with E-state index in [1.165, 1.54) is 0 Å². The molecule has 1 aliphatic heterocycles. The molecular formula is C13H16N2O2. The van der Waals surface area contributed by atoms with E-state index in [1.54, 1.807) is 6.07 Å². The van der Waals surface area contributed by atoms with Gasteiger partial charge in [0.15, 0.2) is 0 Å². The van der Waals surface area contributed by atoms with Crippen molar-refractivity contribution in [1.82, 2.24) is 0 Å². The van der Waals surface area contributed by atoms with Gasteiger partial charge < -0.3 is 14.7 Å². The molecule has 0 saturated carbocycles. The summed E-state index contributed by atoms with van der Waals surface area (Å²) in [5.74, 6) is 0. The maximum atomic E-state index is 9.14. The van der Waals surface area contributed by atoms with Crippen molar-refractivity contribution < 1.29 is 9.84 Å². The van der Waals surface area contributed by atoms with Crippen molar-refractivity contribution in [1.29, 1.82) is 5.26 Å². The van der Waals surface area contributed by atoms with Gasteiger partial charge >= 0.3 is 0 Å². The number of aliphatic hydroxyl groups is 1. The van der Waals surface area contributed by atoms with Crippen molar-refractivity contribution in [3.05, 3.63) is 29.8 Å². The Morgan fingerprint density at radius 1 is 1.59 bits per heavy atom. The zero-order valence-electron chi connectivity index (χ0n) is 9.84. The van der Waals surface area contributed by atoms with E-state index in [1.807, 2.05) is 18.2 Å². The van der Waals surface area contributed by atoms with Crippen LogP contribution in [0.15, 0.2) is 24.3 Å². The monoisotopic (exact) mass is 232 g/mol. The van der Waals surface area contributed by atoms with Gasteiger partial charge in [0.05, 0.1) is 31.0 Å². The average molecular weight is 232 g/mol. The van der Waals surface area contributed by atoms with Crippen LogP contribution < -0.4 is 4.90 Å². The Kier molecular flexibility index (Phi) is 3.62. The fourth-order valence-electron chi connectivity index (χ4n) is 2.04. The first-order chi connectivity index (χ1) is 8.24. The Balaban J connectivity index is 2.21. The van der Waals surface area contributed by atoms with Crippen LogP contribution in [0.1, 0.15) is 12.5 Å². The van der Waals surface area contributed by atoms with Crippen LogP contribution >= 0.6 is 0 Å². The van der Waals surface area contributed by atoms with Crippen LogP contribution in [0.5, 0.6) is 0 Å². The number of hydrogen-bond donors (Lipinski definition) is 1. The van der Waals surface area contributed by atoms with Gasteiger partial charge in [0, 0.05) is 18.3 Å². The van der Waals surface area contributed by atoms with Crippen LogP contribution in [-0.4, -0.2) is 37.0 Å². The number of ether oxygens (including phenoxy) is 1. The normalized spacial score (nSPS) is 24.4. The van der Waals surface area contributed by atoms with E-state index >= 15 is 0 Å². The maximum absolute atomic E-state index is 9.14.